The Balaban J connectivity index is 2.32. The van der Waals surface area contributed by atoms with Crippen LogP contribution in [-0.2, 0) is 9.53 Å². The van der Waals surface area contributed by atoms with Crippen LogP contribution in [0.25, 0.3) is 0 Å². The summed E-state index contributed by atoms with van der Waals surface area (Å²) < 4.78 is 43.0. The first-order chi connectivity index (χ1) is 7.98. The lowest BCUT2D eigenvalue weighted by Crippen LogP contribution is -2.43. The summed E-state index contributed by atoms with van der Waals surface area (Å²) in [7, 11) is 0. The summed E-state index contributed by atoms with van der Waals surface area (Å²) in [5, 5.41) is 0. The summed E-state index contributed by atoms with van der Waals surface area (Å²) in [4.78, 5) is 13.4. The molecule has 3 nitrogen and oxygen atoms in total. The fraction of sp³-hybridized carbons (Fsp3) is 0.900. The molecule has 13 heavy (non-hydrogen) atoms. The molecular formula is C10H17NO2. The molecule has 2 aliphatic rings. The molecule has 0 saturated carbocycles. The Morgan fingerprint density at radius 3 is 3.31 bits per heavy atom. The second kappa shape index (κ2) is 2.71. The van der Waals surface area contributed by atoms with Gasteiger partial charge in [0.15, 0.2) is 0 Å². The van der Waals surface area contributed by atoms with Gasteiger partial charge in [-0.2, -0.15) is 0 Å². The van der Waals surface area contributed by atoms with Gasteiger partial charge in [0.05, 0.1) is 12.6 Å². The van der Waals surface area contributed by atoms with Crippen molar-refractivity contribution in [2.45, 2.75) is 45.3 Å². The first-order valence-electron chi connectivity index (χ1n) is 6.94. The van der Waals surface area contributed by atoms with Crippen molar-refractivity contribution in [1.82, 2.24) is 4.90 Å². The molecule has 2 rings (SSSR count). The number of rotatable bonds is 1. The second-order valence-corrected chi connectivity index (χ2v) is 4.04. The van der Waals surface area contributed by atoms with Gasteiger partial charge in [-0.3, -0.25) is 4.79 Å². The van der Waals surface area contributed by atoms with Gasteiger partial charge in [0.2, 0.25) is 5.91 Å². The predicted molar refractivity (Wildman–Crippen MR) is 49.1 cm³/mol. The Bertz CT molecular complexity index is 379. The Hall–Kier alpha value is -0.570. The normalized spacial score (nSPS) is 44.6. The molecule has 0 unspecified atom stereocenters. The van der Waals surface area contributed by atoms with E-state index in [4.69, 9.17) is 11.6 Å². The van der Waals surface area contributed by atoms with Crippen molar-refractivity contribution in [1.29, 1.82) is 0 Å². The first kappa shape index (κ1) is 4.78. The van der Waals surface area contributed by atoms with Crippen LogP contribution in [0.4, 0.5) is 0 Å². The molecule has 2 atom stereocenters. The van der Waals surface area contributed by atoms with E-state index in [2.05, 4.69) is 0 Å². The van der Waals surface area contributed by atoms with Crippen LogP contribution in [0.5, 0.6) is 0 Å². The highest BCUT2D eigenvalue weighted by atomic mass is 16.5. The minimum Gasteiger partial charge on any atom is -0.354 e. The van der Waals surface area contributed by atoms with Gasteiger partial charge in [0, 0.05) is 13.3 Å². The van der Waals surface area contributed by atoms with Gasteiger partial charge < -0.3 is 9.64 Å². The maximum atomic E-state index is 12.0. The smallest absolute Gasteiger partial charge is 0.225 e. The Kier molecular flexibility index (Phi) is 0.996. The maximum absolute atomic E-state index is 12.0. The van der Waals surface area contributed by atoms with Crippen LogP contribution in [0.3, 0.4) is 0 Å². The van der Waals surface area contributed by atoms with Gasteiger partial charge in [-0.15, -0.1) is 0 Å². The number of hydrogen-bond donors (Lipinski definition) is 0. The molecule has 1 amide bonds. The molecule has 0 bridgehead atoms. The van der Waals surface area contributed by atoms with E-state index in [0.29, 0.717) is 0 Å². The Labute approximate surface area is 86.1 Å². The molecule has 0 aromatic rings. The average molecular weight is 188 g/mol. The number of hydrogen-bond acceptors (Lipinski definition) is 2. The molecule has 2 aliphatic heterocycles. The molecule has 0 N–H and O–H groups in total. The Morgan fingerprint density at radius 1 is 1.85 bits per heavy atom. The SMILES string of the molecule is [2H]C([2H])([2H])C([2H])([2H])[C@@H]1CC(=O)N2[C@@H]1COC2(C)C. The van der Waals surface area contributed by atoms with Crippen LogP contribution in [0.15, 0.2) is 0 Å². The van der Waals surface area contributed by atoms with E-state index in [0.717, 1.165) is 0 Å². The van der Waals surface area contributed by atoms with Crippen LogP contribution >= 0.6 is 0 Å². The van der Waals surface area contributed by atoms with E-state index in [1.807, 2.05) is 0 Å². The van der Waals surface area contributed by atoms with E-state index in [-0.39, 0.29) is 18.9 Å². The summed E-state index contributed by atoms with van der Waals surface area (Å²) in [6.45, 7) is 0.927. The highest BCUT2D eigenvalue weighted by Crippen LogP contribution is 2.39. The van der Waals surface area contributed by atoms with Crippen molar-refractivity contribution < 1.29 is 16.4 Å². The quantitative estimate of drug-likeness (QED) is 0.622. The number of ether oxygens (including phenoxy) is 1. The zero-order valence-corrected chi connectivity index (χ0v) is 7.83. The molecule has 0 aromatic carbocycles. The van der Waals surface area contributed by atoms with E-state index in [1.165, 1.54) is 4.90 Å². The zero-order chi connectivity index (χ0) is 13.9. The summed E-state index contributed by atoms with van der Waals surface area (Å²) in [5.74, 6) is -1.08. The van der Waals surface area contributed by atoms with Crippen molar-refractivity contribution >= 4 is 5.91 Å². The highest BCUT2D eigenvalue weighted by molar-refractivity contribution is 5.80. The van der Waals surface area contributed by atoms with Crippen LogP contribution in [0.1, 0.15) is 40.3 Å². The van der Waals surface area contributed by atoms with Gasteiger partial charge in [-0.05, 0) is 19.8 Å². The number of carbonyl (C=O) groups excluding carboxylic acids is 1. The van der Waals surface area contributed by atoms with Gasteiger partial charge in [0.1, 0.15) is 5.72 Å². The third kappa shape index (κ3) is 1.17. The van der Waals surface area contributed by atoms with Gasteiger partial charge in [-0.1, -0.05) is 13.2 Å². The van der Waals surface area contributed by atoms with Crippen molar-refractivity contribution in [3.05, 3.63) is 0 Å². The minimum atomic E-state index is -2.74. The first-order valence-corrected chi connectivity index (χ1v) is 4.44. The van der Waals surface area contributed by atoms with Crippen molar-refractivity contribution in [2.24, 2.45) is 5.92 Å². The van der Waals surface area contributed by atoms with Crippen molar-refractivity contribution in [2.75, 3.05) is 6.61 Å². The van der Waals surface area contributed by atoms with E-state index in [9.17, 15) is 4.79 Å². The molecule has 0 radical (unpaired) electrons. The van der Waals surface area contributed by atoms with Gasteiger partial charge >= 0.3 is 0 Å². The number of carbonyl (C=O) groups is 1. The molecule has 2 saturated heterocycles. The number of nitrogens with zero attached hydrogens (tertiary/aromatic N) is 1. The van der Waals surface area contributed by atoms with Crippen LogP contribution in [0.2, 0.25) is 0 Å². The van der Waals surface area contributed by atoms with E-state index < -0.39 is 30.9 Å². The lowest BCUT2D eigenvalue weighted by Gasteiger charge is -2.29. The molecule has 74 valence electrons. The summed E-state index contributed by atoms with van der Waals surface area (Å²) in [6, 6.07) is -0.483. The van der Waals surface area contributed by atoms with Crippen molar-refractivity contribution in [3.8, 4) is 0 Å². The highest BCUT2D eigenvalue weighted by Gasteiger charge is 2.51. The summed E-state index contributed by atoms with van der Waals surface area (Å²) in [5.41, 5.74) is -0.776. The van der Waals surface area contributed by atoms with Crippen LogP contribution < -0.4 is 0 Å². The fourth-order valence-corrected chi connectivity index (χ4v) is 2.18. The van der Waals surface area contributed by atoms with E-state index >= 15 is 0 Å². The lowest BCUT2D eigenvalue weighted by molar-refractivity contribution is -0.141. The number of amides is 1. The summed E-state index contributed by atoms with van der Waals surface area (Å²) >= 11 is 0. The fourth-order valence-electron chi connectivity index (χ4n) is 2.18. The lowest BCUT2D eigenvalue weighted by atomic mass is 9.98. The number of fused-ring (bicyclic) bond motifs is 1. The minimum absolute atomic E-state index is 0.0666. The average Bonchev–Trinajstić information content (AvgIpc) is 2.65. The van der Waals surface area contributed by atoms with Crippen LogP contribution in [-0.4, -0.2) is 29.2 Å². The van der Waals surface area contributed by atoms with Gasteiger partial charge in [0.25, 0.3) is 0 Å². The topological polar surface area (TPSA) is 29.5 Å². The third-order valence-corrected chi connectivity index (χ3v) is 2.83. The van der Waals surface area contributed by atoms with E-state index in [1.54, 1.807) is 13.8 Å². The molecule has 3 heteroatoms. The standard InChI is InChI=1S/C10H17NO2/c1-4-7-5-9(12)11-8(7)6-13-10(11,2)3/h7-8H,4-6H2,1-3H3/t7-,8-/m1/s1/i1D3,4D2. The zero-order valence-electron chi connectivity index (χ0n) is 12.8. The molecule has 0 aliphatic carbocycles. The second-order valence-electron chi connectivity index (χ2n) is 4.04. The van der Waals surface area contributed by atoms with Gasteiger partial charge in [-0.25, -0.2) is 0 Å². The molecule has 0 spiro atoms. The third-order valence-electron chi connectivity index (χ3n) is 2.83. The molecule has 2 fully saturated rings. The molecule has 2 heterocycles. The maximum Gasteiger partial charge on any atom is 0.225 e. The molecular weight excluding hydrogens is 166 g/mol. The van der Waals surface area contributed by atoms with Crippen molar-refractivity contribution in [3.63, 3.8) is 0 Å². The largest absolute Gasteiger partial charge is 0.354 e. The Morgan fingerprint density at radius 2 is 2.62 bits per heavy atom. The monoisotopic (exact) mass is 188 g/mol. The summed E-state index contributed by atoms with van der Waals surface area (Å²) in [6.07, 6.45) is -2.45. The molecule has 0 aromatic heterocycles. The predicted octanol–water partition coefficient (Wildman–Crippen LogP) is 1.38. The van der Waals surface area contributed by atoms with Crippen LogP contribution in [0, 0.1) is 5.92 Å².